The molecule has 1 aliphatic rings. The molecular formula is C17H27N3O3S. The number of benzene rings is 1. The number of rotatable bonds is 6. The second-order valence-corrected chi connectivity index (χ2v) is 8.30. The fourth-order valence-electron chi connectivity index (χ4n) is 2.92. The lowest BCUT2D eigenvalue weighted by Gasteiger charge is -2.20. The summed E-state index contributed by atoms with van der Waals surface area (Å²) in [6, 6.07) is 8.17. The quantitative estimate of drug-likeness (QED) is 0.814. The number of carbonyl (C=O) groups excluding carboxylic acids is 1. The van der Waals surface area contributed by atoms with E-state index in [1.54, 1.807) is 0 Å². The first-order valence-corrected chi connectivity index (χ1v) is 10.2. The van der Waals surface area contributed by atoms with Crippen LogP contribution in [-0.4, -0.2) is 69.1 Å². The van der Waals surface area contributed by atoms with Gasteiger partial charge in [-0.2, -0.15) is 0 Å². The van der Waals surface area contributed by atoms with Crippen molar-refractivity contribution >= 4 is 15.9 Å². The third-order valence-corrected chi connectivity index (χ3v) is 5.66. The molecule has 1 aliphatic heterocycles. The van der Waals surface area contributed by atoms with E-state index in [4.69, 9.17) is 0 Å². The number of hydrogen-bond donors (Lipinski definition) is 1. The van der Waals surface area contributed by atoms with Crippen molar-refractivity contribution in [3.05, 3.63) is 35.4 Å². The van der Waals surface area contributed by atoms with Crippen LogP contribution in [0.5, 0.6) is 0 Å². The fourth-order valence-corrected chi connectivity index (χ4v) is 3.80. The summed E-state index contributed by atoms with van der Waals surface area (Å²) < 4.78 is 24.7. The molecule has 1 heterocycles. The molecule has 0 bridgehead atoms. The number of amides is 1. The Morgan fingerprint density at radius 3 is 2.62 bits per heavy atom. The van der Waals surface area contributed by atoms with E-state index in [9.17, 15) is 13.2 Å². The summed E-state index contributed by atoms with van der Waals surface area (Å²) in [5, 5.41) is 2.96. The van der Waals surface area contributed by atoms with E-state index in [0.29, 0.717) is 32.7 Å². The zero-order valence-electron chi connectivity index (χ0n) is 14.5. The molecule has 0 radical (unpaired) electrons. The first-order chi connectivity index (χ1) is 11.4. The minimum atomic E-state index is -3.14. The Morgan fingerprint density at radius 2 is 1.92 bits per heavy atom. The normalized spacial score (nSPS) is 17.4. The van der Waals surface area contributed by atoms with E-state index in [1.807, 2.05) is 17.0 Å². The summed E-state index contributed by atoms with van der Waals surface area (Å²) in [6.07, 6.45) is 2.81. The van der Waals surface area contributed by atoms with Gasteiger partial charge in [-0.25, -0.2) is 12.7 Å². The van der Waals surface area contributed by atoms with E-state index in [2.05, 4.69) is 24.4 Å². The van der Waals surface area contributed by atoms with Crippen LogP contribution in [0, 0.1) is 6.92 Å². The van der Waals surface area contributed by atoms with Crippen LogP contribution in [0.2, 0.25) is 0 Å². The smallest absolute Gasteiger partial charge is 0.234 e. The molecule has 1 saturated heterocycles. The standard InChI is InChI=1S/C17H27N3O3S/c1-15-6-3-4-7-16(15)8-9-18-17(21)14-19-10-5-11-20(13-12-19)24(2,22)23/h3-4,6-7H,5,8-14H2,1-2H3,(H,18,21). The highest BCUT2D eigenvalue weighted by molar-refractivity contribution is 7.88. The first kappa shape index (κ1) is 18.9. The third kappa shape index (κ3) is 5.89. The van der Waals surface area contributed by atoms with Crippen molar-refractivity contribution in [2.75, 3.05) is 45.5 Å². The topological polar surface area (TPSA) is 69.7 Å². The predicted octanol–water partition coefficient (Wildman–Crippen LogP) is 0.621. The zero-order chi connectivity index (χ0) is 17.6. The van der Waals surface area contributed by atoms with Gasteiger partial charge in [0.25, 0.3) is 0 Å². The Hall–Kier alpha value is -1.44. The number of sulfonamides is 1. The van der Waals surface area contributed by atoms with Gasteiger partial charge in [-0.3, -0.25) is 9.69 Å². The van der Waals surface area contributed by atoms with Crippen LogP contribution < -0.4 is 5.32 Å². The molecule has 0 atom stereocenters. The Bertz CT molecular complexity index is 661. The molecule has 0 unspecified atom stereocenters. The maximum Gasteiger partial charge on any atom is 0.234 e. The number of nitrogens with one attached hydrogen (secondary N) is 1. The number of hydrogen-bond acceptors (Lipinski definition) is 4. The lowest BCUT2D eigenvalue weighted by atomic mass is 10.1. The Labute approximate surface area is 144 Å². The van der Waals surface area contributed by atoms with Gasteiger partial charge in [-0.05, 0) is 37.4 Å². The van der Waals surface area contributed by atoms with Gasteiger partial charge in [0.15, 0.2) is 0 Å². The highest BCUT2D eigenvalue weighted by atomic mass is 32.2. The average molecular weight is 353 g/mol. The van der Waals surface area contributed by atoms with Crippen LogP contribution in [0.4, 0.5) is 0 Å². The van der Waals surface area contributed by atoms with Crippen LogP contribution in [0.1, 0.15) is 17.5 Å². The molecule has 24 heavy (non-hydrogen) atoms. The Kier molecular flexibility index (Phi) is 6.77. The summed E-state index contributed by atoms with van der Waals surface area (Å²) in [7, 11) is -3.14. The van der Waals surface area contributed by atoms with E-state index >= 15 is 0 Å². The molecule has 1 N–H and O–H groups in total. The van der Waals surface area contributed by atoms with Gasteiger partial charge >= 0.3 is 0 Å². The number of aryl methyl sites for hydroxylation is 1. The van der Waals surface area contributed by atoms with E-state index in [-0.39, 0.29) is 5.91 Å². The fraction of sp³-hybridized carbons (Fsp3) is 0.588. The molecule has 7 heteroatoms. The van der Waals surface area contributed by atoms with Crippen molar-refractivity contribution in [1.82, 2.24) is 14.5 Å². The molecule has 0 saturated carbocycles. The lowest BCUT2D eigenvalue weighted by molar-refractivity contribution is -0.122. The molecule has 6 nitrogen and oxygen atoms in total. The maximum absolute atomic E-state index is 12.1. The first-order valence-electron chi connectivity index (χ1n) is 8.35. The van der Waals surface area contributed by atoms with Crippen LogP contribution in [0.3, 0.4) is 0 Å². The summed E-state index contributed by atoms with van der Waals surface area (Å²) in [6.45, 7) is 5.34. The molecule has 134 valence electrons. The molecule has 1 fully saturated rings. The van der Waals surface area contributed by atoms with Crippen molar-refractivity contribution in [2.24, 2.45) is 0 Å². The molecule has 0 aromatic heterocycles. The van der Waals surface area contributed by atoms with Crippen molar-refractivity contribution < 1.29 is 13.2 Å². The molecule has 2 rings (SSSR count). The van der Waals surface area contributed by atoms with Crippen LogP contribution in [0.15, 0.2) is 24.3 Å². The van der Waals surface area contributed by atoms with E-state index in [1.165, 1.54) is 21.7 Å². The van der Waals surface area contributed by atoms with Crippen LogP contribution in [0.25, 0.3) is 0 Å². The second kappa shape index (κ2) is 8.60. The van der Waals surface area contributed by atoms with Gasteiger partial charge in [0, 0.05) is 26.2 Å². The number of nitrogens with zero attached hydrogens (tertiary/aromatic N) is 2. The van der Waals surface area contributed by atoms with Gasteiger partial charge < -0.3 is 5.32 Å². The molecule has 0 aliphatic carbocycles. The predicted molar refractivity (Wildman–Crippen MR) is 95.4 cm³/mol. The average Bonchev–Trinajstić information content (AvgIpc) is 2.74. The molecule has 1 aromatic carbocycles. The lowest BCUT2D eigenvalue weighted by Crippen LogP contribution is -2.40. The maximum atomic E-state index is 12.1. The second-order valence-electron chi connectivity index (χ2n) is 6.32. The van der Waals surface area contributed by atoms with Crippen LogP contribution in [-0.2, 0) is 21.2 Å². The Morgan fingerprint density at radius 1 is 1.17 bits per heavy atom. The summed E-state index contributed by atoms with van der Waals surface area (Å²) in [4.78, 5) is 14.1. The van der Waals surface area contributed by atoms with Crippen molar-refractivity contribution in [1.29, 1.82) is 0 Å². The van der Waals surface area contributed by atoms with Crippen molar-refractivity contribution in [3.63, 3.8) is 0 Å². The SMILES string of the molecule is Cc1ccccc1CCNC(=O)CN1CCCN(S(C)(=O)=O)CC1. The molecule has 0 spiro atoms. The summed E-state index contributed by atoms with van der Waals surface area (Å²) in [5.41, 5.74) is 2.48. The highest BCUT2D eigenvalue weighted by Crippen LogP contribution is 2.08. The van der Waals surface area contributed by atoms with Gasteiger partial charge in [0.2, 0.25) is 15.9 Å². The van der Waals surface area contributed by atoms with Gasteiger partial charge in [-0.1, -0.05) is 24.3 Å². The van der Waals surface area contributed by atoms with Gasteiger partial charge in [0.1, 0.15) is 0 Å². The summed E-state index contributed by atoms with van der Waals surface area (Å²) >= 11 is 0. The highest BCUT2D eigenvalue weighted by Gasteiger charge is 2.22. The molecule has 1 aromatic rings. The monoisotopic (exact) mass is 353 g/mol. The third-order valence-electron chi connectivity index (χ3n) is 4.36. The van der Waals surface area contributed by atoms with Crippen molar-refractivity contribution in [2.45, 2.75) is 19.8 Å². The largest absolute Gasteiger partial charge is 0.355 e. The van der Waals surface area contributed by atoms with Gasteiger partial charge in [0.05, 0.1) is 12.8 Å². The Balaban J connectivity index is 1.73. The molecule has 1 amide bonds. The minimum absolute atomic E-state index is 0.00334. The van der Waals surface area contributed by atoms with Gasteiger partial charge in [-0.15, -0.1) is 0 Å². The van der Waals surface area contributed by atoms with E-state index in [0.717, 1.165) is 19.4 Å². The van der Waals surface area contributed by atoms with Crippen molar-refractivity contribution in [3.8, 4) is 0 Å². The summed E-state index contributed by atoms with van der Waals surface area (Å²) in [5.74, 6) is -0.00334. The van der Waals surface area contributed by atoms with Crippen LogP contribution >= 0.6 is 0 Å². The zero-order valence-corrected chi connectivity index (χ0v) is 15.3. The van der Waals surface area contributed by atoms with E-state index < -0.39 is 10.0 Å². The number of carbonyl (C=O) groups is 1. The molecular weight excluding hydrogens is 326 g/mol. The minimum Gasteiger partial charge on any atom is -0.355 e.